The zero-order valence-corrected chi connectivity index (χ0v) is 11.5. The fourth-order valence-electron chi connectivity index (χ4n) is 1.85. The van der Waals surface area contributed by atoms with Crippen LogP contribution in [0, 0.1) is 0 Å². The van der Waals surface area contributed by atoms with Gasteiger partial charge in [0.05, 0.1) is 6.61 Å². The molecule has 0 unspecified atom stereocenters. The molecule has 0 atom stereocenters. The van der Waals surface area contributed by atoms with Crippen LogP contribution in [0.15, 0.2) is 24.3 Å². The van der Waals surface area contributed by atoms with Crippen LogP contribution < -0.4 is 10.5 Å². The second-order valence-electron chi connectivity index (χ2n) is 4.48. The minimum atomic E-state index is -0.514. The van der Waals surface area contributed by atoms with Gasteiger partial charge in [-0.05, 0) is 24.1 Å². The van der Waals surface area contributed by atoms with E-state index in [-0.39, 0.29) is 19.8 Å². The lowest BCUT2D eigenvalue weighted by Gasteiger charge is -2.21. The molecule has 0 bridgehead atoms. The summed E-state index contributed by atoms with van der Waals surface area (Å²) in [4.78, 5) is 12.7. The molecule has 0 fully saturated rings. The predicted octanol–water partition coefficient (Wildman–Crippen LogP) is -0.273. The molecule has 0 aromatic heterocycles. The van der Waals surface area contributed by atoms with Gasteiger partial charge < -0.3 is 20.7 Å². The highest BCUT2D eigenvalue weighted by Gasteiger charge is 2.06. The first-order valence-electron chi connectivity index (χ1n) is 6.60. The van der Waals surface area contributed by atoms with Gasteiger partial charge in [0.25, 0.3) is 5.91 Å². The summed E-state index contributed by atoms with van der Waals surface area (Å²) in [7, 11) is 0. The Kier molecular flexibility index (Phi) is 7.64. The van der Waals surface area contributed by atoms with E-state index in [2.05, 4.69) is 0 Å². The van der Waals surface area contributed by atoms with Crippen molar-refractivity contribution in [2.75, 3.05) is 32.9 Å². The van der Waals surface area contributed by atoms with Crippen LogP contribution in [0.5, 0.6) is 5.75 Å². The number of carbonyl (C=O) groups excluding carboxylic acids is 1. The number of nitrogens with zero attached hydrogens (tertiary/aromatic N) is 1. The zero-order chi connectivity index (χ0) is 14.8. The molecule has 112 valence electrons. The van der Waals surface area contributed by atoms with E-state index in [4.69, 9.17) is 20.7 Å². The number of primary amides is 1. The lowest BCUT2D eigenvalue weighted by atomic mass is 10.2. The molecular formula is C14H22N2O4. The maximum Gasteiger partial charge on any atom is 0.255 e. The Morgan fingerprint density at radius 3 is 2.70 bits per heavy atom. The summed E-state index contributed by atoms with van der Waals surface area (Å²) in [5.74, 6) is 0.0765. The Labute approximate surface area is 118 Å². The van der Waals surface area contributed by atoms with Crippen molar-refractivity contribution in [3.8, 4) is 5.75 Å². The monoisotopic (exact) mass is 282 g/mol. The second kappa shape index (κ2) is 9.30. The standard InChI is InChI=1S/C14H22N2O4/c15-14(19)11-20-13-4-1-3-12(9-13)10-16(6-8-18)5-2-7-17/h1,3-4,9,17-18H,2,5-8,10-11H2,(H2,15,19). The third-order valence-electron chi connectivity index (χ3n) is 2.73. The van der Waals surface area contributed by atoms with E-state index in [0.29, 0.717) is 31.8 Å². The fourth-order valence-corrected chi connectivity index (χ4v) is 1.85. The van der Waals surface area contributed by atoms with Crippen molar-refractivity contribution in [1.29, 1.82) is 0 Å². The number of ether oxygens (including phenoxy) is 1. The molecule has 0 spiro atoms. The highest BCUT2D eigenvalue weighted by atomic mass is 16.5. The number of aliphatic hydroxyl groups is 2. The van der Waals surface area contributed by atoms with Crippen LogP contribution in [0.1, 0.15) is 12.0 Å². The fraction of sp³-hybridized carbons (Fsp3) is 0.500. The molecular weight excluding hydrogens is 260 g/mol. The van der Waals surface area contributed by atoms with Crippen LogP contribution in [0.25, 0.3) is 0 Å². The maximum atomic E-state index is 10.7. The van der Waals surface area contributed by atoms with Gasteiger partial charge in [-0.15, -0.1) is 0 Å². The summed E-state index contributed by atoms with van der Waals surface area (Å²) < 4.78 is 5.25. The summed E-state index contributed by atoms with van der Waals surface area (Å²) in [5.41, 5.74) is 6.04. The lowest BCUT2D eigenvalue weighted by molar-refractivity contribution is -0.119. The molecule has 1 aromatic carbocycles. The zero-order valence-electron chi connectivity index (χ0n) is 11.5. The molecule has 0 aliphatic rings. The number of hydrogen-bond donors (Lipinski definition) is 3. The van der Waals surface area contributed by atoms with Crippen LogP contribution in [0.3, 0.4) is 0 Å². The van der Waals surface area contributed by atoms with E-state index in [9.17, 15) is 4.79 Å². The van der Waals surface area contributed by atoms with E-state index in [1.807, 2.05) is 23.1 Å². The number of amides is 1. The van der Waals surface area contributed by atoms with E-state index >= 15 is 0 Å². The quantitative estimate of drug-likeness (QED) is 0.549. The number of nitrogens with two attached hydrogens (primary N) is 1. The molecule has 0 aliphatic carbocycles. The minimum Gasteiger partial charge on any atom is -0.484 e. The van der Waals surface area contributed by atoms with E-state index in [1.54, 1.807) is 6.07 Å². The Hall–Kier alpha value is -1.63. The normalized spacial score (nSPS) is 10.8. The maximum absolute atomic E-state index is 10.7. The van der Waals surface area contributed by atoms with Gasteiger partial charge >= 0.3 is 0 Å². The summed E-state index contributed by atoms with van der Waals surface area (Å²) in [6.45, 7) is 1.96. The molecule has 0 saturated carbocycles. The van der Waals surface area contributed by atoms with E-state index < -0.39 is 5.91 Å². The molecule has 0 aliphatic heterocycles. The number of benzene rings is 1. The summed E-state index contributed by atoms with van der Waals surface area (Å²) in [6.07, 6.45) is 0.665. The molecule has 0 heterocycles. The summed E-state index contributed by atoms with van der Waals surface area (Å²) in [6, 6.07) is 7.39. The summed E-state index contributed by atoms with van der Waals surface area (Å²) in [5, 5.41) is 17.9. The van der Waals surface area contributed by atoms with Crippen molar-refractivity contribution < 1.29 is 19.7 Å². The second-order valence-corrected chi connectivity index (χ2v) is 4.48. The number of carbonyl (C=O) groups is 1. The highest BCUT2D eigenvalue weighted by Crippen LogP contribution is 2.15. The van der Waals surface area contributed by atoms with Gasteiger partial charge in [0.1, 0.15) is 5.75 Å². The van der Waals surface area contributed by atoms with Crippen molar-refractivity contribution in [1.82, 2.24) is 4.90 Å². The Bertz CT molecular complexity index is 412. The molecule has 1 amide bonds. The van der Waals surface area contributed by atoms with Crippen LogP contribution in [-0.4, -0.2) is 53.9 Å². The molecule has 4 N–H and O–H groups in total. The number of hydrogen-bond acceptors (Lipinski definition) is 5. The van der Waals surface area contributed by atoms with Gasteiger partial charge in [-0.2, -0.15) is 0 Å². The van der Waals surface area contributed by atoms with Crippen LogP contribution in [-0.2, 0) is 11.3 Å². The highest BCUT2D eigenvalue weighted by molar-refractivity contribution is 5.75. The van der Waals surface area contributed by atoms with Crippen LogP contribution in [0.2, 0.25) is 0 Å². The molecule has 1 rings (SSSR count). The Morgan fingerprint density at radius 2 is 2.05 bits per heavy atom. The van der Waals surface area contributed by atoms with E-state index in [0.717, 1.165) is 5.56 Å². The SMILES string of the molecule is NC(=O)COc1cccc(CN(CCO)CCCO)c1. The van der Waals surface area contributed by atoms with Crippen molar-refractivity contribution in [2.45, 2.75) is 13.0 Å². The number of rotatable bonds is 10. The number of aliphatic hydroxyl groups excluding tert-OH is 2. The first kappa shape index (κ1) is 16.4. The predicted molar refractivity (Wildman–Crippen MR) is 75.2 cm³/mol. The van der Waals surface area contributed by atoms with Gasteiger partial charge in [0.2, 0.25) is 0 Å². The van der Waals surface area contributed by atoms with Crippen LogP contribution in [0.4, 0.5) is 0 Å². The van der Waals surface area contributed by atoms with Gasteiger partial charge in [0.15, 0.2) is 6.61 Å². The van der Waals surface area contributed by atoms with Crippen molar-refractivity contribution in [3.05, 3.63) is 29.8 Å². The topological polar surface area (TPSA) is 96.0 Å². The molecule has 20 heavy (non-hydrogen) atoms. The molecule has 6 nitrogen and oxygen atoms in total. The Morgan fingerprint density at radius 1 is 1.25 bits per heavy atom. The molecule has 0 saturated heterocycles. The van der Waals surface area contributed by atoms with Gasteiger partial charge in [-0.25, -0.2) is 0 Å². The summed E-state index contributed by atoms with van der Waals surface area (Å²) >= 11 is 0. The van der Waals surface area contributed by atoms with Crippen molar-refractivity contribution in [2.24, 2.45) is 5.73 Å². The average molecular weight is 282 g/mol. The van der Waals surface area contributed by atoms with E-state index in [1.165, 1.54) is 0 Å². The third-order valence-corrected chi connectivity index (χ3v) is 2.73. The first-order chi connectivity index (χ1) is 9.65. The van der Waals surface area contributed by atoms with Crippen molar-refractivity contribution in [3.63, 3.8) is 0 Å². The third kappa shape index (κ3) is 6.51. The van der Waals surface area contributed by atoms with Gasteiger partial charge in [0, 0.05) is 26.2 Å². The largest absolute Gasteiger partial charge is 0.484 e. The first-order valence-corrected chi connectivity index (χ1v) is 6.60. The smallest absolute Gasteiger partial charge is 0.255 e. The molecule has 1 aromatic rings. The average Bonchev–Trinajstić information content (AvgIpc) is 2.43. The lowest BCUT2D eigenvalue weighted by Crippen LogP contribution is -2.28. The van der Waals surface area contributed by atoms with Gasteiger partial charge in [-0.3, -0.25) is 9.69 Å². The van der Waals surface area contributed by atoms with Crippen molar-refractivity contribution >= 4 is 5.91 Å². The molecule has 0 radical (unpaired) electrons. The Balaban J connectivity index is 2.59. The van der Waals surface area contributed by atoms with Gasteiger partial charge in [-0.1, -0.05) is 12.1 Å². The molecule has 6 heteroatoms. The minimum absolute atomic E-state index is 0.0727. The van der Waals surface area contributed by atoms with Crippen LogP contribution >= 0.6 is 0 Å².